The average molecular weight is 390 g/mol. The highest BCUT2D eigenvalue weighted by Crippen LogP contribution is 2.13. The summed E-state index contributed by atoms with van der Waals surface area (Å²) < 4.78 is 11.4. The normalized spacial score (nSPS) is 12.4. The fraction of sp³-hybridized carbons (Fsp3) is 0.731. The van der Waals surface area contributed by atoms with Crippen LogP contribution in [0, 0.1) is 6.92 Å². The molecule has 2 heteroatoms. The first-order chi connectivity index (χ1) is 13.8. The minimum atomic E-state index is -0.0642. The third kappa shape index (κ3) is 16.1. The number of rotatable bonds is 20. The maximum atomic E-state index is 5.75. The van der Waals surface area contributed by atoms with Crippen molar-refractivity contribution in [2.45, 2.75) is 110 Å². The lowest BCUT2D eigenvalue weighted by Crippen LogP contribution is -2.17. The van der Waals surface area contributed by atoms with E-state index in [9.17, 15) is 0 Å². The number of hydrogen-bond acceptors (Lipinski definition) is 2. The number of ether oxygens (including phenoxy) is 2. The Balaban J connectivity index is 1.75. The van der Waals surface area contributed by atoms with Crippen molar-refractivity contribution in [3.05, 3.63) is 42.8 Å². The van der Waals surface area contributed by atoms with Gasteiger partial charge in [0.2, 0.25) is 0 Å². The topological polar surface area (TPSA) is 18.5 Å². The number of hydrogen-bond donors (Lipinski definition) is 0. The molecule has 0 heterocycles. The van der Waals surface area contributed by atoms with Gasteiger partial charge in [0.1, 0.15) is 0 Å². The summed E-state index contributed by atoms with van der Waals surface area (Å²) in [5.41, 5.74) is 1.20. The van der Waals surface area contributed by atoms with Crippen LogP contribution in [0.4, 0.5) is 0 Å². The molecular weight excluding hydrogens is 344 g/mol. The number of unbranched alkanes of at least 4 members (excludes halogenated alkanes) is 13. The fourth-order valence-corrected chi connectivity index (χ4v) is 3.48. The van der Waals surface area contributed by atoms with Crippen molar-refractivity contribution in [3.8, 4) is 0 Å². The highest BCUT2D eigenvalue weighted by atomic mass is 16.5. The van der Waals surface area contributed by atoms with Gasteiger partial charge < -0.3 is 9.47 Å². The smallest absolute Gasteiger partial charge is 0.0809 e. The summed E-state index contributed by atoms with van der Waals surface area (Å²) in [7, 11) is 0. The zero-order valence-electron chi connectivity index (χ0n) is 18.5. The van der Waals surface area contributed by atoms with E-state index in [0.29, 0.717) is 13.2 Å². The largest absolute Gasteiger partial charge is 0.376 e. The standard InChI is InChI=1S/C26H45O2/c1-3-4-5-6-7-8-9-10-11-12-13-14-15-19-22-28-25(2)23-27-24-26-20-17-16-18-21-26/h16-18,20-21,25H,2-15,19,22-24H2,1H3/t25-/m1/s1. The van der Waals surface area contributed by atoms with Gasteiger partial charge in [-0.2, -0.15) is 0 Å². The fourth-order valence-electron chi connectivity index (χ4n) is 3.48. The Kier molecular flexibility index (Phi) is 17.5. The lowest BCUT2D eigenvalue weighted by atomic mass is 10.0. The molecule has 161 valence electrons. The zero-order chi connectivity index (χ0) is 20.1. The zero-order valence-corrected chi connectivity index (χ0v) is 18.5. The maximum absolute atomic E-state index is 5.75. The molecule has 0 aliphatic carbocycles. The Hall–Kier alpha value is -0.860. The van der Waals surface area contributed by atoms with Crippen LogP contribution in [0.5, 0.6) is 0 Å². The summed E-state index contributed by atoms with van der Waals surface area (Å²) in [5.74, 6) is 0. The van der Waals surface area contributed by atoms with Gasteiger partial charge in [-0.25, -0.2) is 0 Å². The van der Waals surface area contributed by atoms with Crippen LogP contribution in [0.2, 0.25) is 0 Å². The molecule has 0 amide bonds. The van der Waals surface area contributed by atoms with Gasteiger partial charge in [-0.1, -0.05) is 121 Å². The van der Waals surface area contributed by atoms with Crippen LogP contribution in [-0.4, -0.2) is 19.3 Å². The van der Waals surface area contributed by atoms with E-state index in [-0.39, 0.29) is 6.10 Å². The van der Waals surface area contributed by atoms with Crippen LogP contribution < -0.4 is 0 Å². The van der Waals surface area contributed by atoms with Gasteiger partial charge in [0.15, 0.2) is 0 Å². The van der Waals surface area contributed by atoms with Gasteiger partial charge in [0, 0.05) is 6.61 Å². The average Bonchev–Trinajstić information content (AvgIpc) is 2.71. The van der Waals surface area contributed by atoms with E-state index in [4.69, 9.17) is 9.47 Å². The summed E-state index contributed by atoms with van der Waals surface area (Å²) in [5, 5.41) is 0. The second kappa shape index (κ2) is 19.5. The van der Waals surface area contributed by atoms with E-state index in [1.807, 2.05) is 18.2 Å². The van der Waals surface area contributed by atoms with Gasteiger partial charge in [0.25, 0.3) is 0 Å². The van der Waals surface area contributed by atoms with Gasteiger partial charge >= 0.3 is 0 Å². The molecule has 1 atom stereocenters. The first-order valence-electron chi connectivity index (χ1n) is 11.9. The molecule has 0 bridgehead atoms. The first-order valence-corrected chi connectivity index (χ1v) is 11.9. The van der Waals surface area contributed by atoms with E-state index in [1.54, 1.807) is 0 Å². The van der Waals surface area contributed by atoms with Gasteiger partial charge in [-0.15, -0.1) is 0 Å². The third-order valence-electron chi connectivity index (χ3n) is 5.27. The Morgan fingerprint density at radius 2 is 1.21 bits per heavy atom. The number of benzene rings is 1. The lowest BCUT2D eigenvalue weighted by molar-refractivity contribution is -0.000344. The van der Waals surface area contributed by atoms with Crippen molar-refractivity contribution in [3.63, 3.8) is 0 Å². The Labute approximate surface area is 175 Å². The van der Waals surface area contributed by atoms with Crippen LogP contribution in [0.25, 0.3) is 0 Å². The molecule has 0 N–H and O–H groups in total. The van der Waals surface area contributed by atoms with Crippen molar-refractivity contribution >= 4 is 0 Å². The Bertz CT molecular complexity index is 418. The molecule has 0 aromatic heterocycles. The molecule has 2 nitrogen and oxygen atoms in total. The molecule has 0 saturated heterocycles. The van der Waals surface area contributed by atoms with Crippen LogP contribution in [0.15, 0.2) is 30.3 Å². The van der Waals surface area contributed by atoms with E-state index >= 15 is 0 Å². The van der Waals surface area contributed by atoms with Crippen LogP contribution >= 0.6 is 0 Å². The summed E-state index contributed by atoms with van der Waals surface area (Å²) in [6.45, 7) is 8.31. The summed E-state index contributed by atoms with van der Waals surface area (Å²) in [4.78, 5) is 0. The molecule has 1 aromatic rings. The van der Waals surface area contributed by atoms with Gasteiger partial charge in [0.05, 0.1) is 19.3 Å². The Morgan fingerprint density at radius 3 is 1.75 bits per heavy atom. The third-order valence-corrected chi connectivity index (χ3v) is 5.27. The van der Waals surface area contributed by atoms with Crippen molar-refractivity contribution < 1.29 is 9.47 Å². The Morgan fingerprint density at radius 1 is 0.714 bits per heavy atom. The maximum Gasteiger partial charge on any atom is 0.0809 e. The van der Waals surface area contributed by atoms with E-state index in [2.05, 4.69) is 26.0 Å². The first kappa shape index (κ1) is 25.2. The summed E-state index contributed by atoms with van der Waals surface area (Å²) in [6.07, 6.45) is 19.3. The highest BCUT2D eigenvalue weighted by Gasteiger charge is 2.03. The van der Waals surface area contributed by atoms with Crippen molar-refractivity contribution in [1.29, 1.82) is 0 Å². The minimum absolute atomic E-state index is 0.0642. The van der Waals surface area contributed by atoms with E-state index in [0.717, 1.165) is 13.0 Å². The predicted molar refractivity (Wildman–Crippen MR) is 122 cm³/mol. The van der Waals surface area contributed by atoms with Crippen molar-refractivity contribution in [2.24, 2.45) is 0 Å². The molecule has 0 saturated carbocycles. The molecule has 0 spiro atoms. The van der Waals surface area contributed by atoms with Crippen LogP contribution in [-0.2, 0) is 16.1 Å². The molecule has 1 rings (SSSR count). The quantitative estimate of drug-likeness (QED) is 0.211. The second-order valence-electron chi connectivity index (χ2n) is 8.09. The molecule has 0 unspecified atom stereocenters. The van der Waals surface area contributed by atoms with Crippen molar-refractivity contribution in [1.82, 2.24) is 0 Å². The molecule has 1 aromatic carbocycles. The van der Waals surface area contributed by atoms with Gasteiger partial charge in [-0.3, -0.25) is 0 Å². The molecule has 28 heavy (non-hydrogen) atoms. The molecule has 0 aliphatic rings. The van der Waals surface area contributed by atoms with Crippen LogP contribution in [0.1, 0.15) is 102 Å². The second-order valence-corrected chi connectivity index (χ2v) is 8.09. The monoisotopic (exact) mass is 389 g/mol. The summed E-state index contributed by atoms with van der Waals surface area (Å²) >= 11 is 0. The van der Waals surface area contributed by atoms with Crippen molar-refractivity contribution in [2.75, 3.05) is 13.2 Å². The highest BCUT2D eigenvalue weighted by molar-refractivity contribution is 5.13. The lowest BCUT2D eigenvalue weighted by Gasteiger charge is -2.13. The van der Waals surface area contributed by atoms with Gasteiger partial charge in [-0.05, 0) is 18.9 Å². The predicted octanol–water partition coefficient (Wildman–Crippen LogP) is 7.90. The van der Waals surface area contributed by atoms with E-state index < -0.39 is 0 Å². The molecule has 0 fully saturated rings. The van der Waals surface area contributed by atoms with Crippen LogP contribution in [0.3, 0.4) is 0 Å². The molecular formula is C26H45O2. The SMILES string of the molecule is [CH2][C@H](COCc1ccccc1)OCCCCCCCCCCCCCCCC. The molecule has 0 aliphatic heterocycles. The molecule has 1 radical (unpaired) electrons. The minimum Gasteiger partial charge on any atom is -0.376 e. The van der Waals surface area contributed by atoms with E-state index in [1.165, 1.54) is 89.0 Å². The summed E-state index contributed by atoms with van der Waals surface area (Å²) in [6, 6.07) is 10.2.